The van der Waals surface area contributed by atoms with Crippen LogP contribution < -0.4 is 0 Å². The van der Waals surface area contributed by atoms with Crippen LogP contribution in [0.15, 0.2) is 102 Å². The SMILES string of the molecule is CO/C=C/c1ccc2cc(Cl)ccc2c1-c1cccc2nc(-c3ccc4c(c3)C(C)(C)c3ccccc3-4)oc12. The van der Waals surface area contributed by atoms with Crippen molar-refractivity contribution >= 4 is 39.5 Å². The number of benzene rings is 5. The molecule has 5 aromatic carbocycles. The second-order valence-corrected chi connectivity index (χ2v) is 11.0. The summed E-state index contributed by atoms with van der Waals surface area (Å²) in [7, 11) is 1.65. The van der Waals surface area contributed by atoms with E-state index >= 15 is 0 Å². The highest BCUT2D eigenvalue weighted by molar-refractivity contribution is 6.31. The molecule has 0 unspecified atom stereocenters. The van der Waals surface area contributed by atoms with Crippen molar-refractivity contribution in [2.45, 2.75) is 19.3 Å². The molecule has 0 amide bonds. The number of oxazole rings is 1. The van der Waals surface area contributed by atoms with Crippen molar-refractivity contribution in [3.8, 4) is 33.7 Å². The van der Waals surface area contributed by atoms with Crippen molar-refractivity contribution in [1.82, 2.24) is 4.98 Å². The van der Waals surface area contributed by atoms with Gasteiger partial charge in [-0.25, -0.2) is 4.98 Å². The lowest BCUT2D eigenvalue weighted by Gasteiger charge is -2.21. The summed E-state index contributed by atoms with van der Waals surface area (Å²) in [5.41, 5.74) is 10.7. The fraction of sp³-hybridized carbons (Fsp3) is 0.114. The molecule has 6 aromatic rings. The second kappa shape index (κ2) is 8.86. The van der Waals surface area contributed by atoms with E-state index in [-0.39, 0.29) is 5.41 Å². The number of para-hydroxylation sites is 1. The minimum Gasteiger partial charge on any atom is -0.504 e. The van der Waals surface area contributed by atoms with Gasteiger partial charge in [-0.3, -0.25) is 0 Å². The molecule has 1 aliphatic rings. The quantitative estimate of drug-likeness (QED) is 0.214. The third-order valence-corrected chi connectivity index (χ3v) is 8.15. The lowest BCUT2D eigenvalue weighted by molar-refractivity contribution is 0.341. The van der Waals surface area contributed by atoms with Gasteiger partial charge in [-0.1, -0.05) is 86.1 Å². The van der Waals surface area contributed by atoms with Crippen LogP contribution in [0.25, 0.3) is 61.7 Å². The maximum absolute atomic E-state index is 6.58. The van der Waals surface area contributed by atoms with Gasteiger partial charge in [0, 0.05) is 27.1 Å². The molecule has 7 rings (SSSR count). The number of hydrogen-bond acceptors (Lipinski definition) is 3. The Morgan fingerprint density at radius 2 is 1.64 bits per heavy atom. The number of rotatable bonds is 4. The van der Waals surface area contributed by atoms with E-state index in [2.05, 4.69) is 80.6 Å². The Bertz CT molecular complexity index is 1950. The molecule has 0 radical (unpaired) electrons. The van der Waals surface area contributed by atoms with Gasteiger partial charge < -0.3 is 9.15 Å². The first kappa shape index (κ1) is 23.8. The highest BCUT2D eigenvalue weighted by Gasteiger charge is 2.35. The van der Waals surface area contributed by atoms with Crippen LogP contribution in [0.4, 0.5) is 0 Å². The van der Waals surface area contributed by atoms with Crippen LogP contribution in [0.2, 0.25) is 5.02 Å². The number of nitrogens with zero attached hydrogens (tertiary/aromatic N) is 1. The third-order valence-electron chi connectivity index (χ3n) is 7.91. The molecule has 1 heterocycles. The largest absolute Gasteiger partial charge is 0.504 e. The summed E-state index contributed by atoms with van der Waals surface area (Å²) in [5, 5.41) is 2.85. The molecular formula is C35H26ClNO2. The Kier molecular flexibility index (Phi) is 5.40. The van der Waals surface area contributed by atoms with Crippen LogP contribution in [-0.4, -0.2) is 12.1 Å². The first-order chi connectivity index (χ1) is 19.0. The van der Waals surface area contributed by atoms with E-state index in [0.717, 1.165) is 44.1 Å². The van der Waals surface area contributed by atoms with E-state index in [9.17, 15) is 0 Å². The number of fused-ring (bicyclic) bond motifs is 5. The molecule has 0 atom stereocenters. The van der Waals surface area contributed by atoms with Crippen LogP contribution in [-0.2, 0) is 10.2 Å². The number of halogens is 1. The summed E-state index contributed by atoms with van der Waals surface area (Å²) in [6.45, 7) is 4.57. The summed E-state index contributed by atoms with van der Waals surface area (Å²) in [6.07, 6.45) is 3.66. The van der Waals surface area contributed by atoms with Crippen molar-refractivity contribution in [2.75, 3.05) is 7.11 Å². The third kappa shape index (κ3) is 3.69. The second-order valence-electron chi connectivity index (χ2n) is 10.5. The van der Waals surface area contributed by atoms with Gasteiger partial charge in [-0.2, -0.15) is 0 Å². The van der Waals surface area contributed by atoms with Crippen LogP contribution in [0.5, 0.6) is 0 Å². The molecular weight excluding hydrogens is 502 g/mol. The average Bonchev–Trinajstić information content (AvgIpc) is 3.49. The summed E-state index contributed by atoms with van der Waals surface area (Å²) < 4.78 is 11.8. The molecule has 1 aliphatic carbocycles. The Labute approximate surface area is 232 Å². The lowest BCUT2D eigenvalue weighted by Crippen LogP contribution is -2.14. The summed E-state index contributed by atoms with van der Waals surface area (Å²) in [5.74, 6) is 0.615. The van der Waals surface area contributed by atoms with Gasteiger partial charge in [-0.15, -0.1) is 0 Å². The Balaban J connectivity index is 1.42. The summed E-state index contributed by atoms with van der Waals surface area (Å²) >= 11 is 6.33. The average molecular weight is 528 g/mol. The zero-order valence-corrected chi connectivity index (χ0v) is 22.7. The molecule has 0 N–H and O–H groups in total. The number of aromatic nitrogens is 1. The zero-order valence-electron chi connectivity index (χ0n) is 22.0. The van der Waals surface area contributed by atoms with Gasteiger partial charge in [0.2, 0.25) is 5.89 Å². The van der Waals surface area contributed by atoms with Crippen LogP contribution in [0.1, 0.15) is 30.5 Å². The zero-order chi connectivity index (χ0) is 26.7. The molecule has 190 valence electrons. The molecule has 0 saturated heterocycles. The van der Waals surface area contributed by atoms with Gasteiger partial charge in [0.05, 0.1) is 13.4 Å². The Hall–Kier alpha value is -4.34. The Morgan fingerprint density at radius 3 is 2.51 bits per heavy atom. The first-order valence-corrected chi connectivity index (χ1v) is 13.4. The first-order valence-electron chi connectivity index (χ1n) is 13.0. The predicted octanol–water partition coefficient (Wildman–Crippen LogP) is 9.89. The highest BCUT2D eigenvalue weighted by atomic mass is 35.5. The highest BCUT2D eigenvalue weighted by Crippen LogP contribution is 2.49. The van der Waals surface area contributed by atoms with E-state index < -0.39 is 0 Å². The van der Waals surface area contributed by atoms with Gasteiger partial charge in [0.1, 0.15) is 5.52 Å². The molecule has 0 fully saturated rings. The molecule has 0 aliphatic heterocycles. The van der Waals surface area contributed by atoms with E-state index in [1.807, 2.05) is 30.3 Å². The van der Waals surface area contributed by atoms with Crippen molar-refractivity contribution in [1.29, 1.82) is 0 Å². The van der Waals surface area contributed by atoms with Crippen molar-refractivity contribution in [2.24, 2.45) is 0 Å². The monoisotopic (exact) mass is 527 g/mol. The van der Waals surface area contributed by atoms with Crippen LogP contribution in [0, 0.1) is 0 Å². The van der Waals surface area contributed by atoms with Gasteiger partial charge in [-0.05, 0) is 75.0 Å². The maximum atomic E-state index is 6.58. The van der Waals surface area contributed by atoms with Gasteiger partial charge in [0.15, 0.2) is 5.58 Å². The minimum absolute atomic E-state index is 0.0913. The Morgan fingerprint density at radius 1 is 0.821 bits per heavy atom. The summed E-state index contributed by atoms with van der Waals surface area (Å²) in [6, 6.07) is 31.5. The van der Waals surface area contributed by atoms with Crippen molar-refractivity contribution in [3.63, 3.8) is 0 Å². The lowest BCUT2D eigenvalue weighted by atomic mass is 9.82. The van der Waals surface area contributed by atoms with E-state index in [0.29, 0.717) is 10.9 Å². The smallest absolute Gasteiger partial charge is 0.227 e. The number of methoxy groups -OCH3 is 1. The molecule has 4 heteroatoms. The van der Waals surface area contributed by atoms with E-state index in [4.69, 9.17) is 25.7 Å². The number of ether oxygens (including phenoxy) is 1. The van der Waals surface area contributed by atoms with Crippen molar-refractivity contribution < 1.29 is 9.15 Å². The van der Waals surface area contributed by atoms with E-state index in [1.54, 1.807) is 13.4 Å². The van der Waals surface area contributed by atoms with E-state index in [1.165, 1.54) is 22.3 Å². The van der Waals surface area contributed by atoms with Gasteiger partial charge >= 0.3 is 0 Å². The molecule has 0 spiro atoms. The van der Waals surface area contributed by atoms with Crippen LogP contribution >= 0.6 is 11.6 Å². The van der Waals surface area contributed by atoms with Crippen LogP contribution in [0.3, 0.4) is 0 Å². The normalized spacial score (nSPS) is 13.7. The van der Waals surface area contributed by atoms with Gasteiger partial charge in [0.25, 0.3) is 0 Å². The number of hydrogen-bond donors (Lipinski definition) is 0. The maximum Gasteiger partial charge on any atom is 0.227 e. The minimum atomic E-state index is -0.0913. The fourth-order valence-electron chi connectivity index (χ4n) is 6.01. The summed E-state index contributed by atoms with van der Waals surface area (Å²) in [4.78, 5) is 4.95. The molecule has 3 nitrogen and oxygen atoms in total. The molecule has 39 heavy (non-hydrogen) atoms. The predicted molar refractivity (Wildman–Crippen MR) is 161 cm³/mol. The fourth-order valence-corrected chi connectivity index (χ4v) is 6.19. The molecule has 0 saturated carbocycles. The molecule has 1 aromatic heterocycles. The molecule has 0 bridgehead atoms. The topological polar surface area (TPSA) is 35.3 Å². The van der Waals surface area contributed by atoms with Crippen molar-refractivity contribution in [3.05, 3.63) is 119 Å². The standard InChI is InChI=1S/C35H26ClNO2/c1-35(2)29-9-5-4-7-26(29)27-15-13-23(20-30(27)35)34-37-31-10-6-8-28(33(31)39-34)32-21(17-18-38-3)11-12-22-19-24(36)14-16-25(22)32/h4-20H,1-3H3/b18-17+.